The van der Waals surface area contributed by atoms with Gasteiger partial charge < -0.3 is 10.4 Å². The van der Waals surface area contributed by atoms with Crippen LogP contribution >= 0.6 is 11.6 Å². The van der Waals surface area contributed by atoms with Gasteiger partial charge >= 0.3 is 0 Å². The topological polar surface area (TPSA) is 32.3 Å². The van der Waals surface area contributed by atoms with Crippen molar-refractivity contribution in [3.8, 4) is 0 Å². The van der Waals surface area contributed by atoms with E-state index in [1.165, 1.54) is 12.0 Å². The van der Waals surface area contributed by atoms with Gasteiger partial charge in [0.2, 0.25) is 0 Å². The Hall–Kier alpha value is -0.570. The van der Waals surface area contributed by atoms with Gasteiger partial charge in [-0.3, -0.25) is 0 Å². The molecule has 0 saturated heterocycles. The van der Waals surface area contributed by atoms with Gasteiger partial charge in [-0.05, 0) is 37.5 Å². The minimum absolute atomic E-state index is 0.203. The van der Waals surface area contributed by atoms with Gasteiger partial charge in [0.25, 0.3) is 0 Å². The monoisotopic (exact) mass is 253 g/mol. The molecule has 0 amide bonds. The third-order valence-electron chi connectivity index (χ3n) is 3.54. The zero-order valence-corrected chi connectivity index (χ0v) is 11.0. The van der Waals surface area contributed by atoms with Crippen LogP contribution in [0.1, 0.15) is 44.2 Å². The molecule has 3 heteroatoms. The van der Waals surface area contributed by atoms with Gasteiger partial charge in [0.05, 0.1) is 6.10 Å². The van der Waals surface area contributed by atoms with Crippen LogP contribution in [0.3, 0.4) is 0 Å². The van der Waals surface area contributed by atoms with Crippen molar-refractivity contribution >= 4 is 11.6 Å². The lowest BCUT2D eigenvalue weighted by Crippen LogP contribution is -2.43. The highest BCUT2D eigenvalue weighted by atomic mass is 35.5. The normalized spacial score (nSPS) is 26.8. The smallest absolute Gasteiger partial charge is 0.0693 e. The summed E-state index contributed by atoms with van der Waals surface area (Å²) >= 11 is 5.98. The molecule has 1 aromatic rings. The number of aliphatic hydroxyl groups is 1. The van der Waals surface area contributed by atoms with E-state index >= 15 is 0 Å². The lowest BCUT2D eigenvalue weighted by molar-refractivity contribution is 0.0860. The first kappa shape index (κ1) is 12.9. The second-order valence-corrected chi connectivity index (χ2v) is 5.34. The van der Waals surface area contributed by atoms with Crippen LogP contribution in [0.2, 0.25) is 5.02 Å². The van der Waals surface area contributed by atoms with Crippen molar-refractivity contribution in [2.45, 2.75) is 50.8 Å². The zero-order chi connectivity index (χ0) is 12.3. The Morgan fingerprint density at radius 2 is 2.12 bits per heavy atom. The van der Waals surface area contributed by atoms with Crippen LogP contribution in [0.4, 0.5) is 0 Å². The summed E-state index contributed by atoms with van der Waals surface area (Å²) in [4.78, 5) is 0. The number of halogens is 1. The van der Waals surface area contributed by atoms with E-state index in [4.69, 9.17) is 11.6 Å². The van der Waals surface area contributed by atoms with Crippen LogP contribution in [-0.4, -0.2) is 17.3 Å². The highest BCUT2D eigenvalue weighted by Crippen LogP contribution is 2.23. The molecule has 0 heterocycles. The first-order chi connectivity index (χ1) is 8.16. The van der Waals surface area contributed by atoms with Crippen LogP contribution in [0.5, 0.6) is 0 Å². The summed E-state index contributed by atoms with van der Waals surface area (Å²) in [5.74, 6) is 0. The second kappa shape index (κ2) is 5.85. The molecule has 94 valence electrons. The maximum atomic E-state index is 9.93. The Balaban J connectivity index is 1.98. The van der Waals surface area contributed by atoms with Gasteiger partial charge in [-0.1, -0.05) is 36.6 Å². The number of benzene rings is 1. The lowest BCUT2D eigenvalue weighted by atomic mass is 9.91. The van der Waals surface area contributed by atoms with E-state index < -0.39 is 0 Å². The number of hydrogen-bond acceptors (Lipinski definition) is 2. The summed E-state index contributed by atoms with van der Waals surface area (Å²) in [5, 5.41) is 14.2. The summed E-state index contributed by atoms with van der Waals surface area (Å²) in [6.45, 7) is 2.12. The zero-order valence-electron chi connectivity index (χ0n) is 10.2. The Morgan fingerprint density at radius 3 is 2.82 bits per heavy atom. The van der Waals surface area contributed by atoms with E-state index in [0.29, 0.717) is 0 Å². The molecule has 2 N–H and O–H groups in total. The molecule has 1 fully saturated rings. The summed E-state index contributed by atoms with van der Waals surface area (Å²) in [6, 6.07) is 8.34. The molecule has 0 radical (unpaired) electrons. The van der Waals surface area contributed by atoms with Crippen LogP contribution in [0.25, 0.3) is 0 Å². The first-order valence-corrected chi connectivity index (χ1v) is 6.74. The number of nitrogens with one attached hydrogen (secondary N) is 1. The summed E-state index contributed by atoms with van der Waals surface area (Å²) in [7, 11) is 0. The van der Waals surface area contributed by atoms with E-state index in [9.17, 15) is 5.11 Å². The molecule has 0 spiro atoms. The Kier molecular flexibility index (Phi) is 4.43. The Bertz CT molecular complexity index is 369. The van der Waals surface area contributed by atoms with Crippen molar-refractivity contribution in [3.63, 3.8) is 0 Å². The van der Waals surface area contributed by atoms with Crippen molar-refractivity contribution in [2.24, 2.45) is 0 Å². The van der Waals surface area contributed by atoms with Gasteiger partial charge in [0.15, 0.2) is 0 Å². The van der Waals surface area contributed by atoms with E-state index in [0.717, 1.165) is 24.3 Å². The average molecular weight is 254 g/mol. The predicted octanol–water partition coefficient (Wildman–Crippen LogP) is 3.29. The maximum Gasteiger partial charge on any atom is 0.0693 e. The van der Waals surface area contributed by atoms with Crippen LogP contribution in [-0.2, 0) is 0 Å². The van der Waals surface area contributed by atoms with Crippen molar-refractivity contribution < 1.29 is 5.11 Å². The van der Waals surface area contributed by atoms with Crippen LogP contribution in [0, 0.1) is 0 Å². The molecule has 2 rings (SSSR count). The molecular formula is C14H20ClNO. The Labute approximate surface area is 108 Å². The van der Waals surface area contributed by atoms with Gasteiger partial charge in [-0.15, -0.1) is 0 Å². The highest BCUT2D eigenvalue weighted by molar-refractivity contribution is 6.30. The largest absolute Gasteiger partial charge is 0.392 e. The standard InChI is InChI=1S/C14H20ClNO/c1-10(11-5-4-6-12(15)9-11)16-13-7-2-3-8-14(13)17/h4-6,9-10,13-14,16-17H,2-3,7-8H2,1H3. The summed E-state index contributed by atoms with van der Waals surface area (Å²) < 4.78 is 0. The molecule has 3 unspecified atom stereocenters. The minimum atomic E-state index is -0.203. The van der Waals surface area contributed by atoms with Crippen molar-refractivity contribution in [1.82, 2.24) is 5.32 Å². The first-order valence-electron chi connectivity index (χ1n) is 6.36. The van der Waals surface area contributed by atoms with E-state index in [1.54, 1.807) is 0 Å². The molecule has 0 aromatic heterocycles. The molecule has 1 saturated carbocycles. The molecule has 0 aliphatic heterocycles. The fraction of sp³-hybridized carbons (Fsp3) is 0.571. The average Bonchev–Trinajstić information content (AvgIpc) is 2.32. The molecule has 1 aromatic carbocycles. The van der Waals surface area contributed by atoms with Gasteiger partial charge in [-0.2, -0.15) is 0 Å². The molecule has 3 atom stereocenters. The van der Waals surface area contributed by atoms with Crippen molar-refractivity contribution in [1.29, 1.82) is 0 Å². The van der Waals surface area contributed by atoms with E-state index in [1.807, 2.05) is 18.2 Å². The fourth-order valence-electron chi connectivity index (χ4n) is 2.50. The molecule has 2 nitrogen and oxygen atoms in total. The summed E-state index contributed by atoms with van der Waals surface area (Å²) in [5.41, 5.74) is 1.18. The van der Waals surface area contributed by atoms with E-state index in [-0.39, 0.29) is 18.2 Å². The second-order valence-electron chi connectivity index (χ2n) is 4.90. The number of aliphatic hydroxyl groups excluding tert-OH is 1. The molecule has 17 heavy (non-hydrogen) atoms. The van der Waals surface area contributed by atoms with Crippen molar-refractivity contribution in [2.75, 3.05) is 0 Å². The SMILES string of the molecule is CC(NC1CCCCC1O)c1cccc(Cl)c1. The lowest BCUT2D eigenvalue weighted by Gasteiger charge is -2.31. The number of hydrogen-bond donors (Lipinski definition) is 2. The molecule has 1 aliphatic rings. The van der Waals surface area contributed by atoms with Gasteiger partial charge in [0, 0.05) is 17.1 Å². The molecular weight excluding hydrogens is 234 g/mol. The van der Waals surface area contributed by atoms with Crippen LogP contribution < -0.4 is 5.32 Å². The highest BCUT2D eigenvalue weighted by Gasteiger charge is 2.24. The quantitative estimate of drug-likeness (QED) is 0.867. The molecule has 1 aliphatic carbocycles. The predicted molar refractivity (Wildman–Crippen MR) is 71.3 cm³/mol. The van der Waals surface area contributed by atoms with Gasteiger partial charge in [-0.25, -0.2) is 0 Å². The summed E-state index contributed by atoms with van der Waals surface area (Å²) in [6.07, 6.45) is 4.12. The Morgan fingerprint density at radius 1 is 1.35 bits per heavy atom. The van der Waals surface area contributed by atoms with Crippen LogP contribution in [0.15, 0.2) is 24.3 Å². The maximum absolute atomic E-state index is 9.93. The van der Waals surface area contributed by atoms with Crippen molar-refractivity contribution in [3.05, 3.63) is 34.9 Å². The van der Waals surface area contributed by atoms with E-state index in [2.05, 4.69) is 18.3 Å². The third-order valence-corrected chi connectivity index (χ3v) is 3.78. The minimum Gasteiger partial charge on any atom is -0.392 e. The third kappa shape index (κ3) is 3.44. The number of rotatable bonds is 3. The fourth-order valence-corrected chi connectivity index (χ4v) is 2.70. The van der Waals surface area contributed by atoms with Gasteiger partial charge in [0.1, 0.15) is 0 Å². The molecule has 0 bridgehead atoms.